The van der Waals surface area contributed by atoms with E-state index in [0.717, 1.165) is 61.3 Å². The molecule has 0 aliphatic heterocycles. The largest absolute Gasteiger partial charge is 0.455 e. The third-order valence-electron chi connectivity index (χ3n) is 15.4. The molecule has 12 aromatic carbocycles. The molecule has 0 radical (unpaired) electrons. The number of furan rings is 1. The summed E-state index contributed by atoms with van der Waals surface area (Å²) in [5.74, 6) is 0. The first-order valence-electron chi connectivity index (χ1n) is 25.8. The molecule has 352 valence electrons. The number of hydrogen-bond acceptors (Lipinski definition) is 2. The van der Waals surface area contributed by atoms with E-state index in [1.165, 1.54) is 66.8 Å². The minimum absolute atomic E-state index is 0.653. The van der Waals surface area contributed by atoms with Gasteiger partial charge in [-0.15, -0.1) is 0 Å². The Labute approximate surface area is 437 Å². The quantitative estimate of drug-likeness (QED) is 0.136. The van der Waals surface area contributed by atoms with Crippen LogP contribution >= 0.6 is 0 Å². The van der Waals surface area contributed by atoms with Gasteiger partial charge in [0.25, 0.3) is 0 Å². The summed E-state index contributed by atoms with van der Waals surface area (Å²) in [7, 11) is 0. The SMILES string of the molecule is c1ccc(-c2ccc(-c3ccccc3N(c3ccc(-c4cccc5c4oc4ccccc45)cc3)c3ccc4c(c3)C(c3ccc(-c5ccccc5)cc3)(c3ccc(-c5ccccc5)cc3)c3ccccc3-4)cc2)cc1. The maximum absolute atomic E-state index is 6.56. The number of benzene rings is 12. The van der Waals surface area contributed by atoms with Gasteiger partial charge in [0.05, 0.1) is 11.1 Å². The fourth-order valence-corrected chi connectivity index (χ4v) is 11.9. The molecular formula is C73H49NO. The Morgan fingerprint density at radius 3 is 1.32 bits per heavy atom. The van der Waals surface area contributed by atoms with Crippen molar-refractivity contribution >= 4 is 39.0 Å². The minimum atomic E-state index is -0.653. The highest BCUT2D eigenvalue weighted by Gasteiger charge is 2.46. The summed E-state index contributed by atoms with van der Waals surface area (Å²) in [4.78, 5) is 2.46. The van der Waals surface area contributed by atoms with E-state index in [4.69, 9.17) is 4.42 Å². The zero-order chi connectivity index (χ0) is 49.7. The standard InChI is InChI=1S/C73H49NO/c1-4-17-50(18-5-1)53-31-33-56(34-32-53)62-23-11-14-29-70(62)74(60-45-39-57(40-46-60)63-26-16-27-67-66-25-12-15-30-71(66)75-72(63)67)61-47-48-65-64-24-10-13-28-68(64)73(69(65)49-61,58-41-35-54(36-42-58)51-19-6-2-7-20-51)59-43-37-55(38-44-59)52-21-8-3-9-22-52/h1-49H. The van der Waals surface area contributed by atoms with Crippen molar-refractivity contribution in [2.45, 2.75) is 5.41 Å². The van der Waals surface area contributed by atoms with E-state index in [-0.39, 0.29) is 0 Å². The van der Waals surface area contributed by atoms with Gasteiger partial charge < -0.3 is 9.32 Å². The molecular weight excluding hydrogens is 907 g/mol. The molecule has 0 N–H and O–H groups in total. The number of anilines is 3. The van der Waals surface area contributed by atoms with E-state index in [0.29, 0.717) is 0 Å². The molecule has 0 fully saturated rings. The molecule has 0 saturated heterocycles. The van der Waals surface area contributed by atoms with Crippen molar-refractivity contribution in [1.82, 2.24) is 0 Å². The molecule has 0 unspecified atom stereocenters. The zero-order valence-corrected chi connectivity index (χ0v) is 41.1. The Hall–Kier alpha value is -9.76. The first-order valence-corrected chi connectivity index (χ1v) is 25.8. The van der Waals surface area contributed by atoms with E-state index in [1.54, 1.807) is 0 Å². The van der Waals surface area contributed by atoms with Gasteiger partial charge in [0, 0.05) is 33.3 Å². The molecule has 1 aliphatic rings. The molecule has 0 spiro atoms. The summed E-state index contributed by atoms with van der Waals surface area (Å²) < 4.78 is 6.56. The van der Waals surface area contributed by atoms with E-state index < -0.39 is 5.41 Å². The van der Waals surface area contributed by atoms with Crippen molar-refractivity contribution in [2.24, 2.45) is 0 Å². The molecule has 0 atom stereocenters. The number of fused-ring (bicyclic) bond motifs is 6. The van der Waals surface area contributed by atoms with Crippen molar-refractivity contribution in [3.8, 4) is 66.8 Å². The van der Waals surface area contributed by atoms with Crippen LogP contribution < -0.4 is 4.90 Å². The number of para-hydroxylation sites is 3. The van der Waals surface area contributed by atoms with Crippen molar-refractivity contribution in [1.29, 1.82) is 0 Å². The molecule has 0 amide bonds. The highest BCUT2D eigenvalue weighted by Crippen LogP contribution is 2.58. The van der Waals surface area contributed by atoms with Crippen LogP contribution in [-0.2, 0) is 5.41 Å². The van der Waals surface area contributed by atoms with Crippen LogP contribution in [0.3, 0.4) is 0 Å². The summed E-state index contributed by atoms with van der Waals surface area (Å²) >= 11 is 0. The van der Waals surface area contributed by atoms with Gasteiger partial charge in [0.1, 0.15) is 11.2 Å². The van der Waals surface area contributed by atoms with Crippen LogP contribution in [0, 0.1) is 0 Å². The van der Waals surface area contributed by atoms with Crippen LogP contribution in [0.2, 0.25) is 0 Å². The lowest BCUT2D eigenvalue weighted by Gasteiger charge is -2.35. The van der Waals surface area contributed by atoms with Crippen molar-refractivity contribution in [2.75, 3.05) is 4.90 Å². The topological polar surface area (TPSA) is 16.4 Å². The summed E-state index contributed by atoms with van der Waals surface area (Å²) in [6.45, 7) is 0. The van der Waals surface area contributed by atoms with Gasteiger partial charge in [-0.05, 0) is 114 Å². The molecule has 0 bridgehead atoms. The second-order valence-corrected chi connectivity index (χ2v) is 19.5. The van der Waals surface area contributed by atoms with E-state index in [2.05, 4.69) is 296 Å². The summed E-state index contributed by atoms with van der Waals surface area (Å²) in [6.07, 6.45) is 0. The lowest BCUT2D eigenvalue weighted by atomic mass is 9.67. The molecule has 0 saturated carbocycles. The Bertz CT molecular complexity index is 4090. The summed E-state index contributed by atoms with van der Waals surface area (Å²) in [5.41, 5.74) is 23.3. The lowest BCUT2D eigenvalue weighted by Crippen LogP contribution is -2.29. The van der Waals surface area contributed by atoms with Crippen LogP contribution in [0.5, 0.6) is 0 Å². The van der Waals surface area contributed by atoms with Crippen LogP contribution in [0.15, 0.2) is 302 Å². The highest BCUT2D eigenvalue weighted by atomic mass is 16.3. The first kappa shape index (κ1) is 44.0. The molecule has 1 heterocycles. The second kappa shape index (κ2) is 18.4. The fourth-order valence-electron chi connectivity index (χ4n) is 11.9. The third kappa shape index (κ3) is 7.49. The zero-order valence-electron chi connectivity index (χ0n) is 41.1. The molecule has 13 aromatic rings. The van der Waals surface area contributed by atoms with Crippen molar-refractivity contribution < 1.29 is 4.42 Å². The normalized spacial score (nSPS) is 12.4. The van der Waals surface area contributed by atoms with Gasteiger partial charge in [0.15, 0.2) is 0 Å². The van der Waals surface area contributed by atoms with Gasteiger partial charge in [0.2, 0.25) is 0 Å². The molecule has 2 nitrogen and oxygen atoms in total. The average molecular weight is 956 g/mol. The number of hydrogen-bond donors (Lipinski definition) is 0. The lowest BCUT2D eigenvalue weighted by molar-refractivity contribution is 0.670. The van der Waals surface area contributed by atoms with Crippen LogP contribution in [0.25, 0.3) is 88.7 Å². The van der Waals surface area contributed by atoms with Gasteiger partial charge in [-0.1, -0.05) is 261 Å². The smallest absolute Gasteiger partial charge is 0.143 e. The number of nitrogens with zero attached hydrogens (tertiary/aromatic N) is 1. The Kier molecular flexibility index (Phi) is 10.8. The fraction of sp³-hybridized carbons (Fsp3) is 0.0137. The van der Waals surface area contributed by atoms with Gasteiger partial charge in [-0.25, -0.2) is 0 Å². The maximum atomic E-state index is 6.56. The van der Waals surface area contributed by atoms with E-state index in [1.807, 2.05) is 6.07 Å². The van der Waals surface area contributed by atoms with Crippen LogP contribution in [0.1, 0.15) is 22.3 Å². The Balaban J connectivity index is 0.975. The Morgan fingerprint density at radius 1 is 0.267 bits per heavy atom. The van der Waals surface area contributed by atoms with Gasteiger partial charge in [-0.3, -0.25) is 0 Å². The van der Waals surface area contributed by atoms with Crippen molar-refractivity contribution in [3.63, 3.8) is 0 Å². The second-order valence-electron chi connectivity index (χ2n) is 19.5. The number of rotatable bonds is 10. The van der Waals surface area contributed by atoms with Gasteiger partial charge in [-0.2, -0.15) is 0 Å². The van der Waals surface area contributed by atoms with E-state index in [9.17, 15) is 0 Å². The average Bonchev–Trinajstić information content (AvgIpc) is 4.10. The first-order chi connectivity index (χ1) is 37.2. The monoisotopic (exact) mass is 955 g/mol. The maximum Gasteiger partial charge on any atom is 0.143 e. The summed E-state index contributed by atoms with van der Waals surface area (Å²) in [6, 6.07) is 108. The van der Waals surface area contributed by atoms with Crippen LogP contribution in [-0.4, -0.2) is 0 Å². The summed E-state index contributed by atoms with van der Waals surface area (Å²) in [5, 5.41) is 2.24. The van der Waals surface area contributed by atoms with Crippen LogP contribution in [0.4, 0.5) is 17.1 Å². The molecule has 75 heavy (non-hydrogen) atoms. The molecule has 1 aliphatic carbocycles. The predicted octanol–water partition coefficient (Wildman–Crippen LogP) is 19.8. The minimum Gasteiger partial charge on any atom is -0.455 e. The van der Waals surface area contributed by atoms with Crippen molar-refractivity contribution in [3.05, 3.63) is 320 Å². The third-order valence-corrected chi connectivity index (χ3v) is 15.4. The predicted molar refractivity (Wildman–Crippen MR) is 313 cm³/mol. The van der Waals surface area contributed by atoms with E-state index >= 15 is 0 Å². The Morgan fingerprint density at radius 2 is 0.693 bits per heavy atom. The molecule has 14 rings (SSSR count). The van der Waals surface area contributed by atoms with Gasteiger partial charge >= 0.3 is 0 Å². The molecule has 1 aromatic heterocycles. The molecule has 2 heteroatoms. The highest BCUT2D eigenvalue weighted by molar-refractivity contribution is 6.09.